The summed E-state index contributed by atoms with van der Waals surface area (Å²) in [5.74, 6) is 0.264. The molecule has 0 saturated heterocycles. The standard InChI is InChI=1S/C27H22F3N7O5/c1-4-41-22-14-37(15-11-33-26(34-12-15)27(28,29)30)36-24(22)25(38)35-23-6-5-16(13-32-23)42-19-7-8-31-18-10-21(40-3)20(39-2)9-17(18)19/h5-14H,4H2,1-3H3,(H,32,35,38). The van der Waals surface area contributed by atoms with Gasteiger partial charge in [-0.15, -0.1) is 0 Å². The maximum absolute atomic E-state index is 13.0. The number of alkyl halides is 3. The fourth-order valence-corrected chi connectivity index (χ4v) is 3.85. The van der Waals surface area contributed by atoms with E-state index in [2.05, 4.69) is 30.4 Å². The summed E-state index contributed by atoms with van der Waals surface area (Å²) in [6.45, 7) is 1.92. The molecule has 0 atom stereocenters. The van der Waals surface area contributed by atoms with E-state index >= 15 is 0 Å². The Morgan fingerprint density at radius 1 is 0.929 bits per heavy atom. The van der Waals surface area contributed by atoms with Crippen LogP contribution in [0.5, 0.6) is 28.7 Å². The smallest absolute Gasteiger partial charge is 0.451 e. The minimum absolute atomic E-state index is 0.0994. The number of nitrogens with one attached hydrogen (secondary N) is 1. The molecule has 4 heterocycles. The van der Waals surface area contributed by atoms with Gasteiger partial charge < -0.3 is 24.3 Å². The summed E-state index contributed by atoms with van der Waals surface area (Å²) >= 11 is 0. The molecule has 0 saturated carbocycles. The molecule has 1 N–H and O–H groups in total. The second kappa shape index (κ2) is 11.6. The number of halogens is 3. The second-order valence-electron chi connectivity index (χ2n) is 8.45. The van der Waals surface area contributed by atoms with Crippen LogP contribution in [0.2, 0.25) is 0 Å². The third kappa shape index (κ3) is 5.84. The molecule has 0 radical (unpaired) electrons. The first kappa shape index (κ1) is 28.1. The van der Waals surface area contributed by atoms with Crippen molar-refractivity contribution in [3.63, 3.8) is 0 Å². The van der Waals surface area contributed by atoms with Crippen LogP contribution in [0.1, 0.15) is 23.2 Å². The molecule has 12 nitrogen and oxygen atoms in total. The Morgan fingerprint density at radius 2 is 1.67 bits per heavy atom. The Balaban J connectivity index is 1.33. The SMILES string of the molecule is CCOc1cn(-c2cnc(C(F)(F)F)nc2)nc1C(=O)Nc1ccc(Oc2ccnc3cc(OC)c(OC)cc23)cn1. The molecule has 216 valence electrons. The van der Waals surface area contributed by atoms with Crippen LogP contribution in [0.15, 0.2) is 61.3 Å². The van der Waals surface area contributed by atoms with Crippen molar-refractivity contribution in [2.75, 3.05) is 26.1 Å². The van der Waals surface area contributed by atoms with Crippen LogP contribution in [0, 0.1) is 0 Å². The number of amides is 1. The van der Waals surface area contributed by atoms with Gasteiger partial charge in [0.15, 0.2) is 22.9 Å². The van der Waals surface area contributed by atoms with E-state index in [1.807, 2.05) is 0 Å². The second-order valence-corrected chi connectivity index (χ2v) is 8.45. The topological polar surface area (TPSA) is 135 Å². The lowest BCUT2D eigenvalue weighted by Crippen LogP contribution is -2.15. The molecule has 0 bridgehead atoms. The zero-order chi connectivity index (χ0) is 29.9. The van der Waals surface area contributed by atoms with Crippen LogP contribution >= 0.6 is 0 Å². The molecule has 0 spiro atoms. The minimum atomic E-state index is -4.69. The van der Waals surface area contributed by atoms with E-state index in [1.165, 1.54) is 32.7 Å². The van der Waals surface area contributed by atoms with E-state index < -0.39 is 17.9 Å². The van der Waals surface area contributed by atoms with Crippen molar-refractivity contribution >= 4 is 22.6 Å². The summed E-state index contributed by atoms with van der Waals surface area (Å²) in [5, 5.41) is 7.46. The third-order valence-electron chi connectivity index (χ3n) is 5.76. The van der Waals surface area contributed by atoms with Crippen LogP contribution in [0.4, 0.5) is 19.0 Å². The number of carbonyl (C=O) groups is 1. The molecule has 5 aromatic rings. The Labute approximate surface area is 236 Å². The predicted octanol–water partition coefficient (Wildman–Crippen LogP) is 5.08. The molecule has 4 aromatic heterocycles. The highest BCUT2D eigenvalue weighted by molar-refractivity contribution is 6.04. The monoisotopic (exact) mass is 581 g/mol. The fourth-order valence-electron chi connectivity index (χ4n) is 3.85. The third-order valence-corrected chi connectivity index (χ3v) is 5.76. The largest absolute Gasteiger partial charge is 0.493 e. The number of rotatable bonds is 9. The highest BCUT2D eigenvalue weighted by Gasteiger charge is 2.34. The average molecular weight is 582 g/mol. The Morgan fingerprint density at radius 3 is 2.31 bits per heavy atom. The Bertz CT molecular complexity index is 1730. The molecule has 42 heavy (non-hydrogen) atoms. The number of carbonyl (C=O) groups excluding carboxylic acids is 1. The predicted molar refractivity (Wildman–Crippen MR) is 142 cm³/mol. The number of methoxy groups -OCH3 is 2. The van der Waals surface area contributed by atoms with Gasteiger partial charge in [0, 0.05) is 17.6 Å². The molecule has 15 heteroatoms. The summed E-state index contributed by atoms with van der Waals surface area (Å²) < 4.78 is 61.8. The molecule has 0 aliphatic rings. The van der Waals surface area contributed by atoms with E-state index in [9.17, 15) is 18.0 Å². The van der Waals surface area contributed by atoms with Crippen molar-refractivity contribution in [1.82, 2.24) is 29.7 Å². The van der Waals surface area contributed by atoms with Crippen molar-refractivity contribution in [2.45, 2.75) is 13.1 Å². The number of hydrogen-bond acceptors (Lipinski definition) is 10. The highest BCUT2D eigenvalue weighted by Crippen LogP contribution is 2.37. The van der Waals surface area contributed by atoms with Gasteiger partial charge >= 0.3 is 6.18 Å². The zero-order valence-corrected chi connectivity index (χ0v) is 22.3. The van der Waals surface area contributed by atoms with Crippen molar-refractivity contribution in [1.29, 1.82) is 0 Å². The number of benzene rings is 1. The van der Waals surface area contributed by atoms with Gasteiger partial charge in [0.1, 0.15) is 23.0 Å². The van der Waals surface area contributed by atoms with Crippen molar-refractivity contribution < 1.29 is 36.9 Å². The Kier molecular flexibility index (Phi) is 7.73. The van der Waals surface area contributed by atoms with Crippen LogP contribution in [0.25, 0.3) is 16.6 Å². The van der Waals surface area contributed by atoms with Crippen molar-refractivity contribution in [3.8, 4) is 34.4 Å². The molecular formula is C27H22F3N7O5. The van der Waals surface area contributed by atoms with Gasteiger partial charge in [0.25, 0.3) is 5.91 Å². The van der Waals surface area contributed by atoms with Crippen molar-refractivity contribution in [2.24, 2.45) is 0 Å². The van der Waals surface area contributed by atoms with Gasteiger partial charge in [-0.2, -0.15) is 18.3 Å². The van der Waals surface area contributed by atoms with Crippen LogP contribution in [-0.2, 0) is 6.18 Å². The number of aromatic nitrogens is 6. The average Bonchev–Trinajstić information content (AvgIpc) is 3.41. The molecule has 0 aliphatic carbocycles. The first-order chi connectivity index (χ1) is 20.2. The summed E-state index contributed by atoms with van der Waals surface area (Å²) in [4.78, 5) is 28.3. The number of ether oxygens (including phenoxy) is 4. The van der Waals surface area contributed by atoms with E-state index in [0.717, 1.165) is 17.1 Å². The van der Waals surface area contributed by atoms with Gasteiger partial charge in [-0.25, -0.2) is 19.6 Å². The Hall–Kier alpha value is -5.47. The molecule has 5 rings (SSSR count). The number of hydrogen-bond donors (Lipinski definition) is 1. The first-order valence-electron chi connectivity index (χ1n) is 12.3. The van der Waals surface area contributed by atoms with Gasteiger partial charge in [-0.05, 0) is 31.2 Å². The van der Waals surface area contributed by atoms with E-state index in [1.54, 1.807) is 37.4 Å². The van der Waals surface area contributed by atoms with Gasteiger partial charge in [-0.3, -0.25) is 9.78 Å². The highest BCUT2D eigenvalue weighted by atomic mass is 19.4. The molecule has 0 unspecified atom stereocenters. The maximum Gasteiger partial charge on any atom is 0.451 e. The lowest BCUT2D eigenvalue weighted by molar-refractivity contribution is -0.145. The summed E-state index contributed by atoms with van der Waals surface area (Å²) in [7, 11) is 3.07. The van der Waals surface area contributed by atoms with Gasteiger partial charge in [0.05, 0.1) is 51.1 Å². The van der Waals surface area contributed by atoms with E-state index in [-0.39, 0.29) is 29.6 Å². The molecule has 0 aliphatic heterocycles. The van der Waals surface area contributed by atoms with Gasteiger partial charge in [-0.1, -0.05) is 0 Å². The van der Waals surface area contributed by atoms with E-state index in [4.69, 9.17) is 18.9 Å². The van der Waals surface area contributed by atoms with Crippen LogP contribution < -0.4 is 24.3 Å². The van der Waals surface area contributed by atoms with E-state index in [0.29, 0.717) is 33.9 Å². The summed E-state index contributed by atoms with van der Waals surface area (Å²) in [5.41, 5.74) is 0.614. The summed E-state index contributed by atoms with van der Waals surface area (Å²) in [6, 6.07) is 8.32. The van der Waals surface area contributed by atoms with Crippen LogP contribution in [-0.4, -0.2) is 56.5 Å². The number of anilines is 1. The lowest BCUT2D eigenvalue weighted by Gasteiger charge is -2.12. The number of fused-ring (bicyclic) bond motifs is 1. The normalized spacial score (nSPS) is 11.3. The van der Waals surface area contributed by atoms with Crippen LogP contribution in [0.3, 0.4) is 0 Å². The minimum Gasteiger partial charge on any atom is -0.493 e. The number of pyridine rings is 2. The molecule has 0 fully saturated rings. The first-order valence-corrected chi connectivity index (χ1v) is 12.3. The summed E-state index contributed by atoms with van der Waals surface area (Å²) in [6.07, 6.45) is 1.56. The maximum atomic E-state index is 13.0. The quantitative estimate of drug-likeness (QED) is 0.251. The molecule has 1 amide bonds. The fraction of sp³-hybridized carbons (Fsp3) is 0.185. The molecule has 1 aromatic carbocycles. The van der Waals surface area contributed by atoms with Gasteiger partial charge in [0.2, 0.25) is 5.82 Å². The number of nitrogens with zero attached hydrogens (tertiary/aromatic N) is 6. The zero-order valence-electron chi connectivity index (χ0n) is 22.3. The lowest BCUT2D eigenvalue weighted by atomic mass is 10.2. The molecular weight excluding hydrogens is 559 g/mol. The van der Waals surface area contributed by atoms with Crippen molar-refractivity contribution in [3.05, 3.63) is 72.8 Å².